The van der Waals surface area contributed by atoms with Gasteiger partial charge in [0.15, 0.2) is 0 Å². The van der Waals surface area contributed by atoms with Gasteiger partial charge in [-0.15, -0.1) is 0 Å². The number of rotatable bonds is 1. The van der Waals surface area contributed by atoms with E-state index in [0.29, 0.717) is 24.0 Å². The standard InChI is InChI=1S/C16H17NO3/c1-7-3-2-4-8(5-7)17-15(18)11-9-6-10(12(11)16(17)19)14-13(9)20-14/h2-5,9-15,18H,6H2,1H3/t9?,10?,11?,12?,13?,14?,15-/m0/s1. The molecule has 2 bridgehead atoms. The van der Waals surface area contributed by atoms with Crippen molar-refractivity contribution in [3.8, 4) is 0 Å². The highest BCUT2D eigenvalue weighted by atomic mass is 16.6. The number of hydrogen-bond donors (Lipinski definition) is 1. The normalized spacial score (nSPS) is 47.6. The summed E-state index contributed by atoms with van der Waals surface area (Å²) in [6, 6.07) is 7.83. The number of carbonyl (C=O) groups is 1. The smallest absolute Gasteiger partial charge is 0.233 e. The molecule has 4 nitrogen and oxygen atoms in total. The molecule has 4 aliphatic rings. The van der Waals surface area contributed by atoms with E-state index in [0.717, 1.165) is 17.7 Å². The van der Waals surface area contributed by atoms with Crippen molar-refractivity contribution in [2.24, 2.45) is 23.7 Å². The van der Waals surface area contributed by atoms with Crippen LogP contribution in [0.5, 0.6) is 0 Å². The summed E-state index contributed by atoms with van der Waals surface area (Å²) in [4.78, 5) is 14.4. The number of aliphatic hydroxyl groups excluding tert-OH is 1. The number of amides is 1. The molecule has 2 saturated heterocycles. The average Bonchev–Trinajstić information content (AvgIpc) is 2.93. The highest BCUT2D eigenvalue weighted by Crippen LogP contribution is 2.65. The van der Waals surface area contributed by atoms with E-state index in [1.165, 1.54) is 0 Å². The first-order chi connectivity index (χ1) is 9.66. The van der Waals surface area contributed by atoms with Crippen molar-refractivity contribution >= 4 is 11.6 Å². The van der Waals surface area contributed by atoms with Gasteiger partial charge < -0.3 is 9.84 Å². The molecule has 1 N–H and O–H groups in total. The Morgan fingerprint density at radius 3 is 2.90 bits per heavy atom. The van der Waals surface area contributed by atoms with Gasteiger partial charge in [-0.1, -0.05) is 12.1 Å². The molecule has 1 aromatic rings. The number of nitrogens with zero attached hydrogens (tertiary/aromatic N) is 1. The van der Waals surface area contributed by atoms with Crippen molar-refractivity contribution in [1.29, 1.82) is 0 Å². The van der Waals surface area contributed by atoms with Crippen LogP contribution in [0.3, 0.4) is 0 Å². The maximum Gasteiger partial charge on any atom is 0.233 e. The summed E-state index contributed by atoms with van der Waals surface area (Å²) in [5.74, 6) is 0.848. The van der Waals surface area contributed by atoms with E-state index < -0.39 is 6.23 Å². The molecule has 5 rings (SSSR count). The van der Waals surface area contributed by atoms with Gasteiger partial charge in [0.1, 0.15) is 6.23 Å². The highest BCUT2D eigenvalue weighted by molar-refractivity contribution is 5.99. The van der Waals surface area contributed by atoms with E-state index in [1.807, 2.05) is 31.2 Å². The topological polar surface area (TPSA) is 53.1 Å². The second kappa shape index (κ2) is 3.43. The summed E-state index contributed by atoms with van der Waals surface area (Å²) >= 11 is 0. The zero-order valence-electron chi connectivity index (χ0n) is 11.3. The Morgan fingerprint density at radius 1 is 1.30 bits per heavy atom. The summed E-state index contributed by atoms with van der Waals surface area (Å²) in [6.07, 6.45) is 1.00. The number of epoxide rings is 1. The van der Waals surface area contributed by atoms with Crippen LogP contribution in [0.4, 0.5) is 5.69 Å². The number of ether oxygens (including phenoxy) is 1. The van der Waals surface area contributed by atoms with E-state index in [2.05, 4.69) is 0 Å². The van der Waals surface area contributed by atoms with Gasteiger partial charge >= 0.3 is 0 Å². The number of anilines is 1. The molecule has 2 heterocycles. The summed E-state index contributed by atoms with van der Waals surface area (Å²) < 4.78 is 5.65. The molecular weight excluding hydrogens is 254 g/mol. The maximum atomic E-state index is 12.8. The second-order valence-electron chi connectivity index (χ2n) is 6.69. The van der Waals surface area contributed by atoms with Crippen LogP contribution in [0.2, 0.25) is 0 Å². The molecule has 2 saturated carbocycles. The Morgan fingerprint density at radius 2 is 2.10 bits per heavy atom. The minimum absolute atomic E-state index is 0.0285. The fourth-order valence-electron chi connectivity index (χ4n) is 4.96. The van der Waals surface area contributed by atoms with Crippen LogP contribution in [0.1, 0.15) is 12.0 Å². The first-order valence-electron chi connectivity index (χ1n) is 7.40. The van der Waals surface area contributed by atoms with Crippen molar-refractivity contribution in [1.82, 2.24) is 0 Å². The van der Waals surface area contributed by atoms with Crippen LogP contribution in [0, 0.1) is 30.6 Å². The van der Waals surface area contributed by atoms with Crippen LogP contribution >= 0.6 is 0 Å². The Hall–Kier alpha value is -1.39. The third kappa shape index (κ3) is 1.18. The van der Waals surface area contributed by atoms with E-state index >= 15 is 0 Å². The Balaban J connectivity index is 1.56. The monoisotopic (exact) mass is 271 g/mol. The minimum atomic E-state index is -0.686. The third-order valence-corrected chi connectivity index (χ3v) is 5.73. The molecule has 2 aliphatic heterocycles. The van der Waals surface area contributed by atoms with Crippen LogP contribution in [-0.2, 0) is 9.53 Å². The van der Waals surface area contributed by atoms with E-state index in [4.69, 9.17) is 4.74 Å². The zero-order chi connectivity index (χ0) is 13.6. The molecule has 1 aromatic carbocycles. The van der Waals surface area contributed by atoms with Crippen molar-refractivity contribution in [3.05, 3.63) is 29.8 Å². The lowest BCUT2D eigenvalue weighted by Crippen LogP contribution is -2.37. The average molecular weight is 271 g/mol. The van der Waals surface area contributed by atoms with Crippen LogP contribution < -0.4 is 4.90 Å². The van der Waals surface area contributed by atoms with Gasteiger partial charge in [-0.2, -0.15) is 0 Å². The van der Waals surface area contributed by atoms with Crippen molar-refractivity contribution in [2.45, 2.75) is 31.8 Å². The molecule has 0 spiro atoms. The highest BCUT2D eigenvalue weighted by Gasteiger charge is 2.73. The summed E-state index contributed by atoms with van der Waals surface area (Å²) in [7, 11) is 0. The molecule has 104 valence electrons. The largest absolute Gasteiger partial charge is 0.373 e. The third-order valence-electron chi connectivity index (χ3n) is 5.73. The van der Waals surface area contributed by atoms with Gasteiger partial charge in [0, 0.05) is 17.5 Å². The van der Waals surface area contributed by atoms with Gasteiger partial charge in [0.2, 0.25) is 5.91 Å². The predicted molar refractivity (Wildman–Crippen MR) is 71.9 cm³/mol. The lowest BCUT2D eigenvalue weighted by Gasteiger charge is -2.26. The molecule has 7 atom stereocenters. The number of aryl methyl sites for hydroxylation is 1. The fourth-order valence-corrected chi connectivity index (χ4v) is 4.96. The lowest BCUT2D eigenvalue weighted by molar-refractivity contribution is -0.122. The van der Waals surface area contributed by atoms with Crippen molar-refractivity contribution < 1.29 is 14.6 Å². The van der Waals surface area contributed by atoms with E-state index in [1.54, 1.807) is 4.90 Å². The summed E-state index contributed by atoms with van der Waals surface area (Å²) in [6.45, 7) is 2.00. The lowest BCUT2D eigenvalue weighted by atomic mass is 9.81. The Kier molecular flexibility index (Phi) is 1.94. The number of aliphatic hydroxyl groups is 1. The molecule has 0 aromatic heterocycles. The second-order valence-corrected chi connectivity index (χ2v) is 6.69. The van der Waals surface area contributed by atoms with E-state index in [-0.39, 0.29) is 17.7 Å². The van der Waals surface area contributed by atoms with Crippen molar-refractivity contribution in [3.63, 3.8) is 0 Å². The number of fused-ring (bicyclic) bond motifs is 8. The molecule has 6 unspecified atom stereocenters. The van der Waals surface area contributed by atoms with Gasteiger partial charge in [-0.05, 0) is 37.0 Å². The number of benzene rings is 1. The maximum absolute atomic E-state index is 12.8. The van der Waals surface area contributed by atoms with E-state index in [9.17, 15) is 9.90 Å². The molecule has 2 aliphatic carbocycles. The summed E-state index contributed by atoms with van der Waals surface area (Å²) in [5.41, 5.74) is 1.93. The first-order valence-corrected chi connectivity index (χ1v) is 7.40. The molecule has 20 heavy (non-hydrogen) atoms. The molecular formula is C16H17NO3. The van der Waals surface area contributed by atoms with Crippen molar-refractivity contribution in [2.75, 3.05) is 4.90 Å². The zero-order valence-corrected chi connectivity index (χ0v) is 11.3. The summed E-state index contributed by atoms with van der Waals surface area (Å²) in [5, 5.41) is 10.7. The Bertz CT molecular complexity index is 615. The predicted octanol–water partition coefficient (Wildman–Crippen LogP) is 1.31. The van der Waals surface area contributed by atoms with Gasteiger partial charge in [0.05, 0.1) is 18.1 Å². The van der Waals surface area contributed by atoms with Gasteiger partial charge in [-0.3, -0.25) is 9.69 Å². The first kappa shape index (κ1) is 11.3. The molecule has 4 fully saturated rings. The van der Waals surface area contributed by atoms with Gasteiger partial charge in [-0.25, -0.2) is 0 Å². The minimum Gasteiger partial charge on any atom is -0.373 e. The number of hydrogen-bond acceptors (Lipinski definition) is 3. The Labute approximate surface area is 117 Å². The SMILES string of the molecule is Cc1cccc(N2C(=O)C3C4CC(C5OC45)C3[C@@H]2O)c1. The molecule has 0 radical (unpaired) electrons. The van der Waals surface area contributed by atoms with Gasteiger partial charge in [0.25, 0.3) is 0 Å². The van der Waals surface area contributed by atoms with Crippen LogP contribution in [-0.4, -0.2) is 29.4 Å². The fraction of sp³-hybridized carbons (Fsp3) is 0.562. The quantitative estimate of drug-likeness (QED) is 0.784. The van der Waals surface area contributed by atoms with Crippen LogP contribution in [0.25, 0.3) is 0 Å². The number of carbonyl (C=O) groups excluding carboxylic acids is 1. The van der Waals surface area contributed by atoms with Crippen LogP contribution in [0.15, 0.2) is 24.3 Å². The molecule has 4 heteroatoms. The molecule has 1 amide bonds.